The van der Waals surface area contributed by atoms with Gasteiger partial charge in [-0.25, -0.2) is 19.2 Å². The van der Waals surface area contributed by atoms with Gasteiger partial charge in [-0.3, -0.25) is 20.2 Å². The molecule has 0 unspecified atom stereocenters. The van der Waals surface area contributed by atoms with Gasteiger partial charge in [-0.15, -0.1) is 0 Å². The zero-order chi connectivity index (χ0) is 24.9. The van der Waals surface area contributed by atoms with E-state index in [1.165, 1.54) is 0 Å². The molecule has 0 aliphatic carbocycles. The van der Waals surface area contributed by atoms with Crippen molar-refractivity contribution in [1.29, 1.82) is 0 Å². The van der Waals surface area contributed by atoms with Gasteiger partial charge in [0.25, 0.3) is 11.4 Å². The molecule has 0 saturated carbocycles. The predicted octanol–water partition coefficient (Wildman–Crippen LogP) is 1.15. The molecule has 16 nitrogen and oxygen atoms in total. The van der Waals surface area contributed by atoms with E-state index in [2.05, 4.69) is 0 Å². The molecule has 0 aliphatic rings. The summed E-state index contributed by atoms with van der Waals surface area (Å²) < 4.78 is 0. The third-order valence-electron chi connectivity index (χ3n) is 3.65. The zero-order valence-corrected chi connectivity index (χ0v) is 15.4. The molecule has 2 aromatic carbocycles. The van der Waals surface area contributed by atoms with Gasteiger partial charge in [0.05, 0.1) is 21.0 Å². The van der Waals surface area contributed by atoms with Crippen LogP contribution in [0.25, 0.3) is 0 Å². The first kappa shape index (κ1) is 24.8. The van der Waals surface area contributed by atoms with E-state index in [-0.39, 0.29) is 11.4 Å². The fraction of sp³-hybridized carbons (Fsp3) is 0. The summed E-state index contributed by atoms with van der Waals surface area (Å²) in [6, 6.07) is 2.76. The van der Waals surface area contributed by atoms with Gasteiger partial charge in [-0.05, 0) is 12.1 Å². The summed E-state index contributed by atoms with van der Waals surface area (Å²) in [4.78, 5) is 61.6. The monoisotopic (exact) mass is 452 g/mol. The molecule has 2 aromatic rings. The molecular weight excluding hydrogens is 440 g/mol. The minimum absolute atomic E-state index is 0.337. The molecule has 0 heterocycles. The first-order valence-corrected chi connectivity index (χ1v) is 7.78. The number of nitrogen functional groups attached to an aromatic ring is 2. The van der Waals surface area contributed by atoms with Gasteiger partial charge in [-0.2, -0.15) is 0 Å². The molecule has 0 spiro atoms. The molecule has 0 radical (unpaired) electrons. The number of rotatable bonds is 6. The lowest BCUT2D eigenvalue weighted by atomic mass is 10.1. The van der Waals surface area contributed by atoms with Crippen LogP contribution >= 0.6 is 0 Å². The van der Waals surface area contributed by atoms with Crippen molar-refractivity contribution in [1.82, 2.24) is 0 Å². The highest BCUT2D eigenvalue weighted by Gasteiger charge is 2.25. The minimum Gasteiger partial charge on any atom is -0.478 e. The fourth-order valence-electron chi connectivity index (χ4n) is 2.23. The number of anilines is 2. The highest BCUT2D eigenvalue weighted by Crippen LogP contribution is 2.26. The Bertz CT molecular complexity index is 1080. The van der Waals surface area contributed by atoms with Gasteiger partial charge in [0.1, 0.15) is 11.1 Å². The maximum atomic E-state index is 10.7. The number of nitrogens with two attached hydrogens (primary N) is 2. The SMILES string of the molecule is Nc1cc(C(=O)O)c([N+](=O)[O-])cc1C(=O)O.Nc1cc(C(=O)O)c([N+](=O)[O-])cc1C(=O)O. The third kappa shape index (κ3) is 5.41. The second kappa shape index (κ2) is 9.48. The Kier molecular flexibility index (Phi) is 7.33. The van der Waals surface area contributed by atoms with E-state index in [1.54, 1.807) is 0 Å². The van der Waals surface area contributed by atoms with E-state index in [0.717, 1.165) is 12.1 Å². The number of nitro benzene ring substituents is 2. The van der Waals surface area contributed by atoms with Crippen molar-refractivity contribution in [2.24, 2.45) is 0 Å². The molecule has 0 aromatic heterocycles. The first-order chi connectivity index (χ1) is 14.7. The molecule has 0 aliphatic heterocycles. The number of hydrogen-bond acceptors (Lipinski definition) is 10. The fourth-order valence-corrected chi connectivity index (χ4v) is 2.23. The minimum atomic E-state index is -1.55. The lowest BCUT2D eigenvalue weighted by Crippen LogP contribution is -2.09. The summed E-state index contributed by atoms with van der Waals surface area (Å²) in [5.41, 5.74) is 5.94. The van der Waals surface area contributed by atoms with Crippen LogP contribution < -0.4 is 11.5 Å². The molecule has 16 heteroatoms. The second-order valence-electron chi connectivity index (χ2n) is 5.65. The lowest BCUT2D eigenvalue weighted by Gasteiger charge is -2.03. The number of carboxylic acid groups (broad SMARTS) is 4. The molecule has 8 N–H and O–H groups in total. The van der Waals surface area contributed by atoms with Crippen molar-refractivity contribution in [3.8, 4) is 0 Å². The number of hydrogen-bond donors (Lipinski definition) is 6. The van der Waals surface area contributed by atoms with Crippen molar-refractivity contribution >= 4 is 46.6 Å². The zero-order valence-electron chi connectivity index (χ0n) is 15.4. The van der Waals surface area contributed by atoms with Crippen LogP contribution in [0.5, 0.6) is 0 Å². The standard InChI is InChI=1S/2C8H6N2O6/c2*9-5-1-4(8(13)14)6(10(15)16)2-3(5)7(11)12/h2*1-2H,9H2,(H,11,12)(H,13,14). The van der Waals surface area contributed by atoms with Crippen molar-refractivity contribution in [2.75, 3.05) is 11.5 Å². The summed E-state index contributed by atoms with van der Waals surface area (Å²) in [5.74, 6) is -6.01. The summed E-state index contributed by atoms with van der Waals surface area (Å²) in [5, 5.41) is 55.7. The second-order valence-corrected chi connectivity index (χ2v) is 5.65. The van der Waals surface area contributed by atoms with E-state index in [0.29, 0.717) is 12.1 Å². The predicted molar refractivity (Wildman–Crippen MR) is 103 cm³/mol. The number of aromatic carboxylic acids is 4. The van der Waals surface area contributed by atoms with Crippen LogP contribution in [0, 0.1) is 20.2 Å². The molecule has 0 atom stereocenters. The molecule has 2 rings (SSSR count). The van der Waals surface area contributed by atoms with Crippen LogP contribution in [0.3, 0.4) is 0 Å². The Labute approximate surface area is 175 Å². The van der Waals surface area contributed by atoms with E-state index in [1.807, 2.05) is 0 Å². The van der Waals surface area contributed by atoms with Crippen LogP contribution in [0.2, 0.25) is 0 Å². The molecule has 32 heavy (non-hydrogen) atoms. The van der Waals surface area contributed by atoms with Gasteiger partial charge in [-0.1, -0.05) is 0 Å². The Morgan fingerprint density at radius 2 is 0.844 bits per heavy atom. The van der Waals surface area contributed by atoms with Gasteiger partial charge in [0, 0.05) is 23.5 Å². The summed E-state index contributed by atoms with van der Waals surface area (Å²) in [6.07, 6.45) is 0. The van der Waals surface area contributed by atoms with Gasteiger partial charge in [0.15, 0.2) is 0 Å². The summed E-state index contributed by atoms with van der Waals surface area (Å²) >= 11 is 0. The third-order valence-corrected chi connectivity index (χ3v) is 3.65. The van der Waals surface area contributed by atoms with Crippen LogP contribution in [-0.4, -0.2) is 54.1 Å². The van der Waals surface area contributed by atoms with Gasteiger partial charge in [0.2, 0.25) is 0 Å². The van der Waals surface area contributed by atoms with Gasteiger partial charge >= 0.3 is 23.9 Å². The molecular formula is C16H12N4O12. The molecule has 0 amide bonds. The molecule has 168 valence electrons. The smallest absolute Gasteiger partial charge is 0.342 e. The van der Waals surface area contributed by atoms with E-state index < -0.39 is 67.4 Å². The Morgan fingerprint density at radius 3 is 1.03 bits per heavy atom. The molecule has 0 fully saturated rings. The Balaban J connectivity index is 0.000000320. The Morgan fingerprint density at radius 1 is 0.594 bits per heavy atom. The maximum Gasteiger partial charge on any atom is 0.342 e. The number of nitrogens with zero attached hydrogens (tertiary/aromatic N) is 2. The number of nitro groups is 2. The average Bonchev–Trinajstić information content (AvgIpc) is 2.66. The number of carboxylic acids is 4. The van der Waals surface area contributed by atoms with Crippen LogP contribution in [0.1, 0.15) is 41.4 Å². The topological polar surface area (TPSA) is 288 Å². The van der Waals surface area contributed by atoms with Crippen molar-refractivity contribution in [3.63, 3.8) is 0 Å². The van der Waals surface area contributed by atoms with E-state index >= 15 is 0 Å². The number of carbonyl (C=O) groups is 4. The maximum absolute atomic E-state index is 10.7. The van der Waals surface area contributed by atoms with Gasteiger partial charge < -0.3 is 31.9 Å². The van der Waals surface area contributed by atoms with E-state index in [4.69, 9.17) is 31.9 Å². The number of benzene rings is 2. The van der Waals surface area contributed by atoms with Crippen molar-refractivity contribution in [2.45, 2.75) is 0 Å². The van der Waals surface area contributed by atoms with Crippen molar-refractivity contribution in [3.05, 3.63) is 66.7 Å². The van der Waals surface area contributed by atoms with Crippen LogP contribution in [-0.2, 0) is 0 Å². The Hall–Kier alpha value is -5.28. The van der Waals surface area contributed by atoms with Crippen LogP contribution in [0.15, 0.2) is 24.3 Å². The quantitative estimate of drug-likeness (QED) is 0.203. The molecule has 0 bridgehead atoms. The first-order valence-electron chi connectivity index (χ1n) is 7.78. The highest BCUT2D eigenvalue weighted by atomic mass is 16.6. The average molecular weight is 452 g/mol. The van der Waals surface area contributed by atoms with Crippen molar-refractivity contribution < 1.29 is 49.5 Å². The lowest BCUT2D eigenvalue weighted by molar-refractivity contribution is -0.385. The highest BCUT2D eigenvalue weighted by molar-refractivity contribution is 6.01. The van der Waals surface area contributed by atoms with E-state index in [9.17, 15) is 39.4 Å². The largest absolute Gasteiger partial charge is 0.478 e. The molecule has 0 saturated heterocycles. The summed E-state index contributed by atoms with van der Waals surface area (Å²) in [6.45, 7) is 0. The van der Waals surface area contributed by atoms with Crippen LogP contribution in [0.4, 0.5) is 22.7 Å². The normalized spacial score (nSPS) is 9.75. The summed E-state index contributed by atoms with van der Waals surface area (Å²) in [7, 11) is 0.